The number of nitrogens with two attached hydrogens (primary N) is 1. The van der Waals surface area contributed by atoms with Crippen molar-refractivity contribution in [2.75, 3.05) is 12.3 Å². The zero-order valence-electron chi connectivity index (χ0n) is 13.6. The third-order valence-electron chi connectivity index (χ3n) is 3.48. The second-order valence-corrected chi connectivity index (χ2v) is 5.48. The first-order valence-electron chi connectivity index (χ1n) is 7.34. The molecule has 1 unspecified atom stereocenters. The Morgan fingerprint density at radius 2 is 1.87 bits per heavy atom. The van der Waals surface area contributed by atoms with E-state index in [1.165, 1.54) is 0 Å². The van der Waals surface area contributed by atoms with Crippen LogP contribution in [0.1, 0.15) is 28.4 Å². The molecule has 0 saturated heterocycles. The quantitative estimate of drug-likeness (QED) is 0.822. The normalized spacial score (nSPS) is 11.3. The number of rotatable bonds is 5. The minimum atomic E-state index is -0.134. The first-order valence-corrected chi connectivity index (χ1v) is 7.34. The van der Waals surface area contributed by atoms with Crippen LogP contribution >= 0.6 is 12.4 Å². The average molecular weight is 335 g/mol. The minimum absolute atomic E-state index is 0. The van der Waals surface area contributed by atoms with Crippen LogP contribution in [0.5, 0.6) is 5.75 Å². The molecule has 23 heavy (non-hydrogen) atoms. The van der Waals surface area contributed by atoms with Gasteiger partial charge in [-0.3, -0.25) is 4.79 Å². The van der Waals surface area contributed by atoms with Crippen molar-refractivity contribution in [1.29, 1.82) is 0 Å². The molecule has 1 atom stereocenters. The van der Waals surface area contributed by atoms with Crippen LogP contribution in [-0.2, 0) is 0 Å². The highest BCUT2D eigenvalue weighted by atomic mass is 35.5. The van der Waals surface area contributed by atoms with Gasteiger partial charge in [-0.2, -0.15) is 0 Å². The fourth-order valence-electron chi connectivity index (χ4n) is 2.16. The summed E-state index contributed by atoms with van der Waals surface area (Å²) < 4.78 is 5.85. The number of benzene rings is 2. The van der Waals surface area contributed by atoms with E-state index in [-0.39, 0.29) is 24.4 Å². The minimum Gasteiger partial charge on any atom is -0.489 e. The van der Waals surface area contributed by atoms with E-state index < -0.39 is 0 Å². The lowest BCUT2D eigenvalue weighted by atomic mass is 10.1. The third-order valence-corrected chi connectivity index (χ3v) is 3.48. The molecule has 2 aromatic rings. The van der Waals surface area contributed by atoms with E-state index in [0.717, 1.165) is 16.9 Å². The van der Waals surface area contributed by atoms with Crippen LogP contribution in [0, 0.1) is 13.8 Å². The maximum Gasteiger partial charge on any atom is 0.251 e. The Hall–Kier alpha value is -2.20. The Bertz CT molecular complexity index is 674. The molecular formula is C18H23ClN2O2. The summed E-state index contributed by atoms with van der Waals surface area (Å²) in [5, 5.41) is 2.89. The van der Waals surface area contributed by atoms with Crippen molar-refractivity contribution < 1.29 is 9.53 Å². The van der Waals surface area contributed by atoms with Crippen LogP contribution in [-0.4, -0.2) is 18.6 Å². The van der Waals surface area contributed by atoms with Gasteiger partial charge in [0, 0.05) is 11.3 Å². The van der Waals surface area contributed by atoms with E-state index in [1.54, 1.807) is 12.1 Å². The SMILES string of the molecule is Cc1ccccc1OC(C)CNC(=O)c1cc(N)ccc1C.Cl. The molecule has 0 aliphatic rings. The topological polar surface area (TPSA) is 64.3 Å². The molecule has 124 valence electrons. The number of carbonyl (C=O) groups is 1. The molecule has 2 rings (SSSR count). The Morgan fingerprint density at radius 1 is 1.17 bits per heavy atom. The lowest BCUT2D eigenvalue weighted by Crippen LogP contribution is -2.34. The van der Waals surface area contributed by atoms with Gasteiger partial charge >= 0.3 is 0 Å². The molecule has 0 spiro atoms. The Kier molecular flexibility index (Phi) is 6.91. The molecule has 1 amide bonds. The van der Waals surface area contributed by atoms with Crippen LogP contribution in [0.25, 0.3) is 0 Å². The van der Waals surface area contributed by atoms with Gasteiger partial charge in [-0.25, -0.2) is 0 Å². The maximum atomic E-state index is 12.2. The van der Waals surface area contributed by atoms with Gasteiger partial charge in [-0.05, 0) is 50.1 Å². The number of hydrogen-bond acceptors (Lipinski definition) is 3. The van der Waals surface area contributed by atoms with E-state index in [1.807, 2.05) is 51.1 Å². The Morgan fingerprint density at radius 3 is 2.57 bits per heavy atom. The molecule has 0 saturated carbocycles. The van der Waals surface area contributed by atoms with Crippen LogP contribution in [0.15, 0.2) is 42.5 Å². The fourth-order valence-corrected chi connectivity index (χ4v) is 2.16. The molecule has 0 bridgehead atoms. The van der Waals surface area contributed by atoms with E-state index in [9.17, 15) is 4.79 Å². The van der Waals surface area contributed by atoms with Crippen molar-refractivity contribution in [2.24, 2.45) is 0 Å². The van der Waals surface area contributed by atoms with Crippen LogP contribution in [0.3, 0.4) is 0 Å². The Balaban J connectivity index is 0.00000264. The summed E-state index contributed by atoms with van der Waals surface area (Å²) in [6.07, 6.45) is -0.119. The van der Waals surface area contributed by atoms with Crippen molar-refractivity contribution in [3.8, 4) is 5.75 Å². The smallest absolute Gasteiger partial charge is 0.251 e. The van der Waals surface area contributed by atoms with Gasteiger partial charge in [-0.1, -0.05) is 24.3 Å². The summed E-state index contributed by atoms with van der Waals surface area (Å²) in [7, 11) is 0. The second kappa shape index (κ2) is 8.44. The average Bonchev–Trinajstić information content (AvgIpc) is 2.49. The summed E-state index contributed by atoms with van der Waals surface area (Å²) in [5.74, 6) is 0.703. The molecular weight excluding hydrogens is 312 g/mol. The van der Waals surface area contributed by atoms with Gasteiger partial charge in [0.15, 0.2) is 0 Å². The second-order valence-electron chi connectivity index (χ2n) is 5.48. The zero-order chi connectivity index (χ0) is 16.1. The largest absolute Gasteiger partial charge is 0.489 e. The van der Waals surface area contributed by atoms with Gasteiger partial charge < -0.3 is 15.8 Å². The monoisotopic (exact) mass is 334 g/mol. The molecule has 0 aliphatic heterocycles. The summed E-state index contributed by atoms with van der Waals surface area (Å²) in [6.45, 7) is 6.25. The van der Waals surface area contributed by atoms with Crippen molar-refractivity contribution in [2.45, 2.75) is 26.9 Å². The highest BCUT2D eigenvalue weighted by molar-refractivity contribution is 5.96. The molecule has 3 N–H and O–H groups in total. The summed E-state index contributed by atoms with van der Waals surface area (Å²) >= 11 is 0. The summed E-state index contributed by atoms with van der Waals surface area (Å²) in [5.41, 5.74) is 8.90. The number of ether oxygens (including phenoxy) is 1. The molecule has 0 aromatic heterocycles. The molecule has 0 radical (unpaired) electrons. The summed E-state index contributed by atoms with van der Waals surface area (Å²) in [4.78, 5) is 12.2. The van der Waals surface area contributed by atoms with Crippen LogP contribution < -0.4 is 15.8 Å². The number of halogens is 1. The lowest BCUT2D eigenvalue weighted by molar-refractivity contribution is 0.0931. The maximum absolute atomic E-state index is 12.2. The molecule has 0 fully saturated rings. The lowest BCUT2D eigenvalue weighted by Gasteiger charge is -2.17. The first kappa shape index (κ1) is 18.8. The fraction of sp³-hybridized carbons (Fsp3) is 0.278. The number of amides is 1. The zero-order valence-corrected chi connectivity index (χ0v) is 14.4. The van der Waals surface area contributed by atoms with E-state index in [4.69, 9.17) is 10.5 Å². The number of para-hydroxylation sites is 1. The highest BCUT2D eigenvalue weighted by Crippen LogP contribution is 2.17. The molecule has 2 aromatic carbocycles. The van der Waals surface area contributed by atoms with Crippen LogP contribution in [0.2, 0.25) is 0 Å². The molecule has 0 aliphatic carbocycles. The van der Waals surface area contributed by atoms with E-state index in [0.29, 0.717) is 17.8 Å². The van der Waals surface area contributed by atoms with E-state index >= 15 is 0 Å². The van der Waals surface area contributed by atoms with Gasteiger partial charge in [-0.15, -0.1) is 12.4 Å². The van der Waals surface area contributed by atoms with Crippen molar-refractivity contribution >= 4 is 24.0 Å². The van der Waals surface area contributed by atoms with Gasteiger partial charge in [0.25, 0.3) is 5.91 Å². The van der Waals surface area contributed by atoms with Crippen LogP contribution in [0.4, 0.5) is 5.69 Å². The van der Waals surface area contributed by atoms with Crippen molar-refractivity contribution in [3.63, 3.8) is 0 Å². The Labute approximate surface area is 143 Å². The molecule has 5 heteroatoms. The first-order chi connectivity index (χ1) is 10.5. The number of nitrogens with one attached hydrogen (secondary N) is 1. The van der Waals surface area contributed by atoms with Crippen molar-refractivity contribution in [1.82, 2.24) is 5.32 Å². The third kappa shape index (κ3) is 5.18. The number of carbonyl (C=O) groups excluding carboxylic acids is 1. The number of aryl methyl sites for hydroxylation is 2. The van der Waals surface area contributed by atoms with Gasteiger partial charge in [0.1, 0.15) is 11.9 Å². The highest BCUT2D eigenvalue weighted by Gasteiger charge is 2.12. The molecule has 4 nitrogen and oxygen atoms in total. The standard InChI is InChI=1S/C18H22N2O2.ClH/c1-12-8-9-15(19)10-16(12)18(21)20-11-14(3)22-17-7-5-4-6-13(17)2;/h4-10,14H,11,19H2,1-3H3,(H,20,21);1H. The number of anilines is 1. The summed E-state index contributed by atoms with van der Waals surface area (Å²) in [6, 6.07) is 13.2. The predicted octanol–water partition coefficient (Wildman–Crippen LogP) is 3.50. The molecule has 0 heterocycles. The van der Waals surface area contributed by atoms with E-state index in [2.05, 4.69) is 5.32 Å². The van der Waals surface area contributed by atoms with Gasteiger partial charge in [0.05, 0.1) is 6.54 Å². The predicted molar refractivity (Wildman–Crippen MR) is 96.4 cm³/mol. The van der Waals surface area contributed by atoms with Crippen molar-refractivity contribution in [3.05, 3.63) is 59.2 Å². The number of nitrogen functional groups attached to an aromatic ring is 1. The number of hydrogen-bond donors (Lipinski definition) is 2. The van der Waals surface area contributed by atoms with Gasteiger partial charge in [0.2, 0.25) is 0 Å².